The van der Waals surface area contributed by atoms with Crippen LogP contribution in [0.3, 0.4) is 0 Å². The first kappa shape index (κ1) is 18.7. The fraction of sp³-hybridized carbons (Fsp3) is 0.429. The molecule has 0 aliphatic carbocycles. The highest BCUT2D eigenvalue weighted by Crippen LogP contribution is 2.27. The molecule has 1 aliphatic rings. The van der Waals surface area contributed by atoms with Crippen molar-refractivity contribution in [1.29, 1.82) is 0 Å². The van der Waals surface area contributed by atoms with Gasteiger partial charge >= 0.3 is 0 Å². The van der Waals surface area contributed by atoms with Gasteiger partial charge in [0, 0.05) is 31.2 Å². The fourth-order valence-electron chi connectivity index (χ4n) is 3.65. The van der Waals surface area contributed by atoms with E-state index >= 15 is 0 Å². The molecule has 26 heavy (non-hydrogen) atoms. The molecule has 1 N–H and O–H groups in total. The summed E-state index contributed by atoms with van der Waals surface area (Å²) in [7, 11) is 3.66. The number of likely N-dealkylation sites (N-methyl/N-ethyl adjacent to an activating group) is 1. The van der Waals surface area contributed by atoms with Crippen LogP contribution in [-0.4, -0.2) is 48.2 Å². The smallest absolute Gasteiger partial charge is 0.160 e. The first-order valence-electron chi connectivity index (χ1n) is 9.08. The van der Waals surface area contributed by atoms with Gasteiger partial charge in [0.15, 0.2) is 11.5 Å². The predicted octanol–water partition coefficient (Wildman–Crippen LogP) is 3.64. The van der Waals surface area contributed by atoms with Crippen LogP contribution in [0.25, 0.3) is 0 Å². The van der Waals surface area contributed by atoms with Gasteiger partial charge in [-0.05, 0) is 50.2 Å². The van der Waals surface area contributed by atoms with Crippen LogP contribution in [-0.2, 0) is 13.1 Å². The fourth-order valence-corrected chi connectivity index (χ4v) is 3.65. The molecule has 1 atom stereocenters. The topological polar surface area (TPSA) is 35.9 Å². The minimum Gasteiger partial charge on any atom is -0.504 e. The molecular weight excluding hydrogens is 331 g/mol. The third-order valence-electron chi connectivity index (χ3n) is 5.13. The van der Waals surface area contributed by atoms with Crippen LogP contribution in [0.4, 0.5) is 4.39 Å². The Kier molecular flexibility index (Phi) is 6.12. The van der Waals surface area contributed by atoms with Crippen LogP contribution in [0.15, 0.2) is 42.5 Å². The summed E-state index contributed by atoms with van der Waals surface area (Å²) in [5.74, 6) is 0.532. The van der Waals surface area contributed by atoms with Gasteiger partial charge in [0.25, 0.3) is 0 Å². The third kappa shape index (κ3) is 4.54. The van der Waals surface area contributed by atoms with Crippen molar-refractivity contribution in [2.45, 2.75) is 32.0 Å². The van der Waals surface area contributed by atoms with Crippen molar-refractivity contribution in [1.82, 2.24) is 9.80 Å². The van der Waals surface area contributed by atoms with Crippen LogP contribution in [0.2, 0.25) is 0 Å². The SMILES string of the molecule is COc1ccc(CN(C)[C@H]2CCCN(Cc3ccccc3F)C2)cc1O. The number of rotatable bonds is 6. The van der Waals surface area contributed by atoms with Crippen LogP contribution < -0.4 is 4.74 Å². The Labute approximate surface area is 154 Å². The molecule has 4 nitrogen and oxygen atoms in total. The van der Waals surface area contributed by atoms with E-state index in [2.05, 4.69) is 16.8 Å². The maximum Gasteiger partial charge on any atom is 0.160 e. The van der Waals surface area contributed by atoms with Crippen molar-refractivity contribution in [3.05, 3.63) is 59.4 Å². The first-order valence-corrected chi connectivity index (χ1v) is 9.08. The molecule has 1 heterocycles. The largest absolute Gasteiger partial charge is 0.504 e. The van der Waals surface area contributed by atoms with Gasteiger partial charge in [-0.3, -0.25) is 9.80 Å². The van der Waals surface area contributed by atoms with Crippen LogP contribution in [0, 0.1) is 5.82 Å². The molecule has 2 aromatic carbocycles. The van der Waals surface area contributed by atoms with E-state index < -0.39 is 0 Å². The molecule has 0 saturated carbocycles. The molecule has 0 amide bonds. The Morgan fingerprint density at radius 1 is 1.27 bits per heavy atom. The van der Waals surface area contributed by atoms with E-state index in [0.717, 1.165) is 43.6 Å². The number of piperidine rings is 1. The highest BCUT2D eigenvalue weighted by Gasteiger charge is 2.24. The summed E-state index contributed by atoms with van der Waals surface area (Å²) in [6.45, 7) is 3.34. The van der Waals surface area contributed by atoms with Gasteiger partial charge in [-0.1, -0.05) is 24.3 Å². The molecule has 1 fully saturated rings. The summed E-state index contributed by atoms with van der Waals surface area (Å²) in [6, 6.07) is 13.0. The van der Waals surface area contributed by atoms with Gasteiger partial charge in [0.2, 0.25) is 0 Å². The molecule has 5 heteroatoms. The van der Waals surface area contributed by atoms with Crippen molar-refractivity contribution in [2.24, 2.45) is 0 Å². The molecule has 0 radical (unpaired) electrons. The molecule has 0 spiro atoms. The summed E-state index contributed by atoms with van der Waals surface area (Å²) in [4.78, 5) is 4.64. The summed E-state index contributed by atoms with van der Waals surface area (Å²) in [6.07, 6.45) is 2.24. The van der Waals surface area contributed by atoms with Crippen molar-refractivity contribution in [2.75, 3.05) is 27.2 Å². The zero-order valence-electron chi connectivity index (χ0n) is 15.5. The second-order valence-corrected chi connectivity index (χ2v) is 7.04. The molecule has 0 unspecified atom stereocenters. The van der Waals surface area contributed by atoms with Crippen molar-refractivity contribution >= 4 is 0 Å². The summed E-state index contributed by atoms with van der Waals surface area (Å²) >= 11 is 0. The van der Waals surface area contributed by atoms with Crippen molar-refractivity contribution < 1.29 is 14.2 Å². The number of benzene rings is 2. The van der Waals surface area contributed by atoms with Crippen molar-refractivity contribution in [3.63, 3.8) is 0 Å². The molecule has 0 aromatic heterocycles. The van der Waals surface area contributed by atoms with Gasteiger partial charge in [-0.15, -0.1) is 0 Å². The number of nitrogens with zero attached hydrogens (tertiary/aromatic N) is 2. The standard InChI is InChI=1S/C21H27FN2O2/c1-23(13-16-9-10-21(26-2)20(25)12-16)18-7-5-11-24(15-18)14-17-6-3-4-8-19(17)22/h3-4,6,8-10,12,18,25H,5,7,11,13-15H2,1-2H3/t18-/m0/s1. The monoisotopic (exact) mass is 358 g/mol. The highest BCUT2D eigenvalue weighted by atomic mass is 19.1. The summed E-state index contributed by atoms with van der Waals surface area (Å²) in [5.41, 5.74) is 1.81. The van der Waals surface area contributed by atoms with Gasteiger partial charge in [0.1, 0.15) is 5.82 Å². The van der Waals surface area contributed by atoms with Crippen LogP contribution in [0.1, 0.15) is 24.0 Å². The van der Waals surface area contributed by atoms with E-state index in [1.165, 1.54) is 6.07 Å². The maximum absolute atomic E-state index is 13.9. The molecular formula is C21H27FN2O2. The normalized spacial score (nSPS) is 18.2. The number of hydrogen-bond acceptors (Lipinski definition) is 4. The number of likely N-dealkylation sites (tertiary alicyclic amines) is 1. The minimum absolute atomic E-state index is 0.128. The Bertz CT molecular complexity index is 738. The Hall–Kier alpha value is -2.11. The minimum atomic E-state index is -0.128. The number of halogens is 1. The third-order valence-corrected chi connectivity index (χ3v) is 5.13. The lowest BCUT2D eigenvalue weighted by molar-refractivity contribution is 0.106. The number of ether oxygens (including phenoxy) is 1. The Morgan fingerprint density at radius 2 is 2.08 bits per heavy atom. The average Bonchev–Trinajstić information content (AvgIpc) is 2.64. The van der Waals surface area contributed by atoms with E-state index in [1.54, 1.807) is 25.3 Å². The average molecular weight is 358 g/mol. The van der Waals surface area contributed by atoms with Gasteiger partial charge in [0.05, 0.1) is 7.11 Å². The number of aromatic hydroxyl groups is 1. The van der Waals surface area contributed by atoms with Crippen LogP contribution in [0.5, 0.6) is 11.5 Å². The number of methoxy groups -OCH3 is 1. The Balaban J connectivity index is 1.60. The van der Waals surface area contributed by atoms with E-state index in [9.17, 15) is 9.50 Å². The van der Waals surface area contributed by atoms with E-state index in [4.69, 9.17) is 4.74 Å². The van der Waals surface area contributed by atoms with Gasteiger partial charge in [-0.25, -0.2) is 4.39 Å². The zero-order chi connectivity index (χ0) is 18.5. The Morgan fingerprint density at radius 3 is 2.81 bits per heavy atom. The second-order valence-electron chi connectivity index (χ2n) is 7.04. The number of phenolic OH excluding ortho intramolecular Hbond substituents is 1. The van der Waals surface area contributed by atoms with Crippen molar-refractivity contribution in [3.8, 4) is 11.5 Å². The van der Waals surface area contributed by atoms with Gasteiger partial charge < -0.3 is 9.84 Å². The second kappa shape index (κ2) is 8.52. The van der Waals surface area contributed by atoms with E-state index in [1.807, 2.05) is 18.2 Å². The first-order chi connectivity index (χ1) is 12.6. The quantitative estimate of drug-likeness (QED) is 0.855. The molecule has 0 bridgehead atoms. The van der Waals surface area contributed by atoms with Gasteiger partial charge in [-0.2, -0.15) is 0 Å². The van der Waals surface area contributed by atoms with Crippen LogP contribution >= 0.6 is 0 Å². The number of hydrogen-bond donors (Lipinski definition) is 1. The molecule has 2 aromatic rings. The predicted molar refractivity (Wildman–Crippen MR) is 101 cm³/mol. The summed E-state index contributed by atoms with van der Waals surface area (Å²) < 4.78 is 19.0. The number of phenols is 1. The molecule has 3 rings (SSSR count). The highest BCUT2D eigenvalue weighted by molar-refractivity contribution is 5.41. The molecule has 1 saturated heterocycles. The molecule has 140 valence electrons. The van der Waals surface area contributed by atoms with E-state index in [0.29, 0.717) is 18.3 Å². The lowest BCUT2D eigenvalue weighted by Crippen LogP contribution is -2.45. The van der Waals surface area contributed by atoms with E-state index in [-0.39, 0.29) is 11.6 Å². The zero-order valence-corrected chi connectivity index (χ0v) is 15.5. The lowest BCUT2D eigenvalue weighted by Gasteiger charge is -2.37. The molecule has 1 aliphatic heterocycles. The maximum atomic E-state index is 13.9. The lowest BCUT2D eigenvalue weighted by atomic mass is 10.0. The summed E-state index contributed by atoms with van der Waals surface area (Å²) in [5, 5.41) is 9.96.